The van der Waals surface area contributed by atoms with Gasteiger partial charge < -0.3 is 10.7 Å². The molecule has 1 aromatic heterocycles. The highest BCUT2D eigenvalue weighted by Crippen LogP contribution is 2.26. The molecule has 102 valence electrons. The van der Waals surface area contributed by atoms with E-state index in [1.807, 2.05) is 24.3 Å². The second kappa shape index (κ2) is 5.69. The normalized spacial score (nSPS) is 11.1. The van der Waals surface area contributed by atoms with Gasteiger partial charge in [0, 0.05) is 28.8 Å². The molecule has 3 N–H and O–H groups in total. The number of halogens is 1. The van der Waals surface area contributed by atoms with Crippen LogP contribution in [0.2, 0.25) is 0 Å². The summed E-state index contributed by atoms with van der Waals surface area (Å²) in [4.78, 5) is 3.37. The number of benzene rings is 2. The van der Waals surface area contributed by atoms with Gasteiger partial charge in [0.1, 0.15) is 5.82 Å². The van der Waals surface area contributed by atoms with E-state index in [0.717, 1.165) is 21.9 Å². The summed E-state index contributed by atoms with van der Waals surface area (Å²) in [5.41, 5.74) is 8.31. The first kappa shape index (κ1) is 13.2. The minimum atomic E-state index is -0.230. The Bertz CT molecular complexity index is 703. The lowest BCUT2D eigenvalue weighted by Gasteiger charge is -2.04. The number of H-pyrrole nitrogens is 1. The minimum Gasteiger partial charge on any atom is -0.350 e. The zero-order chi connectivity index (χ0) is 13.9. The van der Waals surface area contributed by atoms with Gasteiger partial charge in [-0.15, -0.1) is 11.8 Å². The first-order chi connectivity index (χ1) is 9.76. The zero-order valence-corrected chi connectivity index (χ0v) is 11.7. The molecule has 0 saturated carbocycles. The number of aromatic amines is 1. The predicted molar refractivity (Wildman–Crippen MR) is 82.2 cm³/mol. The van der Waals surface area contributed by atoms with Crippen molar-refractivity contribution in [3.05, 3.63) is 65.5 Å². The van der Waals surface area contributed by atoms with Crippen LogP contribution >= 0.6 is 11.8 Å². The Hall–Kier alpha value is -1.78. The Balaban J connectivity index is 1.75. The molecule has 3 aromatic rings. The number of thioether (sulfide) groups is 1. The van der Waals surface area contributed by atoms with E-state index in [1.54, 1.807) is 11.8 Å². The highest BCUT2D eigenvalue weighted by Gasteiger charge is 2.04. The molecule has 0 amide bonds. The van der Waals surface area contributed by atoms with Crippen LogP contribution in [-0.4, -0.2) is 4.98 Å². The van der Waals surface area contributed by atoms with Gasteiger partial charge in [-0.25, -0.2) is 4.39 Å². The third-order valence-electron chi connectivity index (χ3n) is 3.23. The van der Waals surface area contributed by atoms with Crippen LogP contribution in [0.15, 0.2) is 53.6 Å². The molecule has 2 aromatic carbocycles. The van der Waals surface area contributed by atoms with Crippen molar-refractivity contribution in [3.8, 4) is 0 Å². The Labute approximate surface area is 121 Å². The Morgan fingerprint density at radius 2 is 1.95 bits per heavy atom. The molecule has 0 radical (unpaired) electrons. The van der Waals surface area contributed by atoms with Crippen molar-refractivity contribution in [3.63, 3.8) is 0 Å². The average molecular weight is 286 g/mol. The van der Waals surface area contributed by atoms with Crippen molar-refractivity contribution in [1.82, 2.24) is 4.98 Å². The van der Waals surface area contributed by atoms with E-state index >= 15 is 0 Å². The first-order valence-electron chi connectivity index (χ1n) is 6.44. The molecule has 3 rings (SSSR count). The molecule has 2 nitrogen and oxygen atoms in total. The van der Waals surface area contributed by atoms with Gasteiger partial charge in [-0.1, -0.05) is 30.3 Å². The quantitative estimate of drug-likeness (QED) is 0.710. The summed E-state index contributed by atoms with van der Waals surface area (Å²) in [6.45, 7) is 0.233. The van der Waals surface area contributed by atoms with Crippen LogP contribution in [0.3, 0.4) is 0 Å². The third kappa shape index (κ3) is 2.71. The van der Waals surface area contributed by atoms with Crippen LogP contribution in [0, 0.1) is 5.82 Å². The highest BCUT2D eigenvalue weighted by atomic mass is 32.2. The van der Waals surface area contributed by atoms with E-state index in [0.29, 0.717) is 5.56 Å². The van der Waals surface area contributed by atoms with Crippen LogP contribution in [0.4, 0.5) is 4.39 Å². The summed E-state index contributed by atoms with van der Waals surface area (Å²) in [7, 11) is 0. The van der Waals surface area contributed by atoms with E-state index in [-0.39, 0.29) is 12.4 Å². The zero-order valence-electron chi connectivity index (χ0n) is 10.9. The summed E-state index contributed by atoms with van der Waals surface area (Å²) >= 11 is 1.71. The van der Waals surface area contributed by atoms with Crippen molar-refractivity contribution < 1.29 is 4.39 Å². The van der Waals surface area contributed by atoms with E-state index in [2.05, 4.69) is 23.2 Å². The fourth-order valence-corrected chi connectivity index (χ4v) is 3.05. The highest BCUT2D eigenvalue weighted by molar-refractivity contribution is 7.98. The van der Waals surface area contributed by atoms with Crippen LogP contribution < -0.4 is 5.73 Å². The fourth-order valence-electron chi connectivity index (χ4n) is 2.16. The third-order valence-corrected chi connectivity index (χ3v) is 4.24. The van der Waals surface area contributed by atoms with Crippen molar-refractivity contribution >= 4 is 22.7 Å². The van der Waals surface area contributed by atoms with Crippen molar-refractivity contribution in [2.75, 3.05) is 0 Å². The maximum absolute atomic E-state index is 13.4. The number of para-hydroxylation sites is 1. The van der Waals surface area contributed by atoms with E-state index < -0.39 is 0 Å². The van der Waals surface area contributed by atoms with E-state index in [9.17, 15) is 4.39 Å². The second-order valence-electron chi connectivity index (χ2n) is 4.64. The number of aromatic nitrogens is 1. The van der Waals surface area contributed by atoms with Gasteiger partial charge in [0.15, 0.2) is 0 Å². The molecule has 4 heteroatoms. The summed E-state index contributed by atoms with van der Waals surface area (Å²) in [6, 6.07) is 15.5. The second-order valence-corrected chi connectivity index (χ2v) is 5.66. The fraction of sp³-hybridized carbons (Fsp3) is 0.125. The van der Waals surface area contributed by atoms with Crippen LogP contribution in [0.5, 0.6) is 0 Å². The maximum atomic E-state index is 13.4. The minimum absolute atomic E-state index is 0.230. The molecule has 0 aliphatic heterocycles. The average Bonchev–Trinajstić information content (AvgIpc) is 2.89. The number of nitrogens with two attached hydrogens (primary N) is 1. The SMILES string of the molecule is NCc1cc(CSc2cc3ccccc3[nH]2)ccc1F. The van der Waals surface area contributed by atoms with Gasteiger partial charge in [-0.2, -0.15) is 0 Å². The predicted octanol–water partition coefficient (Wildman–Crippen LogP) is 4.06. The molecule has 0 atom stereocenters. The lowest BCUT2D eigenvalue weighted by Crippen LogP contribution is -2.00. The standard InChI is InChI=1S/C16H15FN2S/c17-14-6-5-11(7-13(14)9-18)10-20-16-8-12-3-1-2-4-15(12)19-16/h1-8,19H,9-10,18H2. The molecule has 0 unspecified atom stereocenters. The molecule has 0 saturated heterocycles. The Kier molecular flexibility index (Phi) is 3.76. The number of hydrogen-bond acceptors (Lipinski definition) is 2. The summed E-state index contributed by atoms with van der Waals surface area (Å²) in [5, 5.41) is 2.32. The van der Waals surface area contributed by atoms with Crippen LogP contribution in [0.1, 0.15) is 11.1 Å². The van der Waals surface area contributed by atoms with Gasteiger partial charge in [0.05, 0.1) is 5.03 Å². The molecule has 1 heterocycles. The number of hydrogen-bond donors (Lipinski definition) is 2. The largest absolute Gasteiger partial charge is 0.350 e. The van der Waals surface area contributed by atoms with Crippen LogP contribution in [0.25, 0.3) is 10.9 Å². The van der Waals surface area contributed by atoms with Gasteiger partial charge in [0.2, 0.25) is 0 Å². The molecule has 20 heavy (non-hydrogen) atoms. The molecule has 0 bridgehead atoms. The first-order valence-corrected chi connectivity index (χ1v) is 7.43. The summed E-state index contributed by atoms with van der Waals surface area (Å²) in [5.74, 6) is 0.562. The lowest BCUT2D eigenvalue weighted by molar-refractivity contribution is 0.610. The lowest BCUT2D eigenvalue weighted by atomic mass is 10.1. The van der Waals surface area contributed by atoms with Gasteiger partial charge >= 0.3 is 0 Å². The van der Waals surface area contributed by atoms with Crippen molar-refractivity contribution in [1.29, 1.82) is 0 Å². The van der Waals surface area contributed by atoms with Crippen LogP contribution in [-0.2, 0) is 12.3 Å². The summed E-state index contributed by atoms with van der Waals surface area (Å²) in [6.07, 6.45) is 0. The molecule has 0 aliphatic carbocycles. The smallest absolute Gasteiger partial charge is 0.127 e. The number of fused-ring (bicyclic) bond motifs is 1. The van der Waals surface area contributed by atoms with Crippen molar-refractivity contribution in [2.45, 2.75) is 17.3 Å². The number of rotatable bonds is 4. The Morgan fingerprint density at radius 1 is 1.10 bits per heavy atom. The van der Waals surface area contributed by atoms with Gasteiger partial charge in [-0.05, 0) is 23.8 Å². The molecular formula is C16H15FN2S. The number of nitrogens with one attached hydrogen (secondary N) is 1. The van der Waals surface area contributed by atoms with Crippen molar-refractivity contribution in [2.24, 2.45) is 5.73 Å². The van der Waals surface area contributed by atoms with Gasteiger partial charge in [0.25, 0.3) is 0 Å². The molecule has 0 spiro atoms. The van der Waals surface area contributed by atoms with Gasteiger partial charge in [-0.3, -0.25) is 0 Å². The summed E-state index contributed by atoms with van der Waals surface area (Å²) < 4.78 is 13.4. The monoisotopic (exact) mass is 286 g/mol. The molecule has 0 aliphatic rings. The molecular weight excluding hydrogens is 271 g/mol. The van der Waals surface area contributed by atoms with E-state index in [4.69, 9.17) is 5.73 Å². The Morgan fingerprint density at radius 3 is 2.75 bits per heavy atom. The topological polar surface area (TPSA) is 41.8 Å². The molecule has 0 fully saturated rings. The van der Waals surface area contributed by atoms with E-state index in [1.165, 1.54) is 11.5 Å². The maximum Gasteiger partial charge on any atom is 0.127 e.